The van der Waals surface area contributed by atoms with E-state index in [0.717, 1.165) is 29.8 Å². The monoisotopic (exact) mass is 276 g/mol. The van der Waals surface area contributed by atoms with Crippen LogP contribution in [0.3, 0.4) is 0 Å². The molecule has 0 amide bonds. The third-order valence-corrected chi connectivity index (χ3v) is 3.07. The van der Waals surface area contributed by atoms with Gasteiger partial charge in [0.25, 0.3) is 0 Å². The van der Waals surface area contributed by atoms with Crippen LogP contribution in [-0.4, -0.2) is 30.6 Å². The van der Waals surface area contributed by atoms with Crippen LogP contribution in [0.4, 0.5) is 4.39 Å². The number of nitrogens with zero attached hydrogens (tertiary/aromatic N) is 1. The SMILES string of the molecule is CN=C(NCCc1c[nH]c2cc(F)ccc12)NC(C)C. The number of H-pyrrole nitrogens is 1. The van der Waals surface area contributed by atoms with Crippen molar-refractivity contribution in [3.63, 3.8) is 0 Å². The molecule has 0 aliphatic heterocycles. The van der Waals surface area contributed by atoms with E-state index in [4.69, 9.17) is 0 Å². The zero-order valence-electron chi connectivity index (χ0n) is 12.1. The maximum absolute atomic E-state index is 13.1. The fraction of sp³-hybridized carbons (Fsp3) is 0.400. The third kappa shape index (κ3) is 3.50. The lowest BCUT2D eigenvalue weighted by Gasteiger charge is -2.14. The summed E-state index contributed by atoms with van der Waals surface area (Å²) in [7, 11) is 1.76. The average Bonchev–Trinajstić information content (AvgIpc) is 2.79. The van der Waals surface area contributed by atoms with Gasteiger partial charge in [0.2, 0.25) is 0 Å². The topological polar surface area (TPSA) is 52.2 Å². The van der Waals surface area contributed by atoms with Crippen molar-refractivity contribution < 1.29 is 4.39 Å². The Balaban J connectivity index is 1.96. The van der Waals surface area contributed by atoms with Gasteiger partial charge < -0.3 is 15.6 Å². The Kier molecular flexibility index (Phi) is 4.61. The average molecular weight is 276 g/mol. The highest BCUT2D eigenvalue weighted by Crippen LogP contribution is 2.19. The summed E-state index contributed by atoms with van der Waals surface area (Å²) in [6.07, 6.45) is 2.79. The van der Waals surface area contributed by atoms with Crippen LogP contribution in [0.25, 0.3) is 10.9 Å². The largest absolute Gasteiger partial charge is 0.361 e. The van der Waals surface area contributed by atoms with Gasteiger partial charge in [-0.15, -0.1) is 0 Å². The predicted octanol–water partition coefficient (Wildman–Crippen LogP) is 2.42. The van der Waals surface area contributed by atoms with E-state index in [1.54, 1.807) is 7.05 Å². The van der Waals surface area contributed by atoms with Crippen molar-refractivity contribution >= 4 is 16.9 Å². The highest BCUT2D eigenvalue weighted by atomic mass is 19.1. The molecule has 1 aromatic heterocycles. The second-order valence-corrected chi connectivity index (χ2v) is 5.05. The number of hydrogen-bond donors (Lipinski definition) is 3. The molecular formula is C15H21FN4. The van der Waals surface area contributed by atoms with Crippen molar-refractivity contribution in [2.75, 3.05) is 13.6 Å². The van der Waals surface area contributed by atoms with Gasteiger partial charge in [-0.3, -0.25) is 4.99 Å². The fourth-order valence-electron chi connectivity index (χ4n) is 2.15. The number of benzene rings is 1. The molecule has 0 spiro atoms. The van der Waals surface area contributed by atoms with E-state index in [0.29, 0.717) is 6.04 Å². The molecule has 3 N–H and O–H groups in total. The molecule has 1 aromatic carbocycles. The van der Waals surface area contributed by atoms with E-state index in [2.05, 4.69) is 34.5 Å². The highest BCUT2D eigenvalue weighted by molar-refractivity contribution is 5.83. The van der Waals surface area contributed by atoms with Crippen LogP contribution in [0, 0.1) is 5.82 Å². The maximum Gasteiger partial charge on any atom is 0.191 e. The molecule has 5 heteroatoms. The molecule has 0 radical (unpaired) electrons. The standard InChI is InChI=1S/C15H21FN4/c1-10(2)20-15(17-3)18-7-6-11-9-19-14-8-12(16)4-5-13(11)14/h4-5,8-10,19H,6-7H2,1-3H3,(H2,17,18,20). The van der Waals surface area contributed by atoms with E-state index in [1.807, 2.05) is 12.3 Å². The van der Waals surface area contributed by atoms with Crippen molar-refractivity contribution in [1.29, 1.82) is 0 Å². The third-order valence-electron chi connectivity index (χ3n) is 3.07. The maximum atomic E-state index is 13.1. The Bertz CT molecular complexity index is 601. The first-order chi connectivity index (χ1) is 9.60. The number of guanidine groups is 1. The molecule has 1 heterocycles. The minimum atomic E-state index is -0.217. The Hall–Kier alpha value is -2.04. The molecule has 0 saturated heterocycles. The van der Waals surface area contributed by atoms with E-state index in [1.165, 1.54) is 17.7 Å². The summed E-state index contributed by atoms with van der Waals surface area (Å²) in [5.74, 6) is 0.580. The summed E-state index contributed by atoms with van der Waals surface area (Å²) >= 11 is 0. The van der Waals surface area contributed by atoms with Crippen LogP contribution in [0.15, 0.2) is 29.4 Å². The summed E-state index contributed by atoms with van der Waals surface area (Å²) in [5, 5.41) is 7.57. The van der Waals surface area contributed by atoms with Gasteiger partial charge in [-0.1, -0.05) is 0 Å². The number of nitrogens with one attached hydrogen (secondary N) is 3. The predicted molar refractivity (Wildman–Crippen MR) is 81.6 cm³/mol. The van der Waals surface area contributed by atoms with Crippen LogP contribution >= 0.6 is 0 Å². The van der Waals surface area contributed by atoms with Crippen molar-refractivity contribution in [2.24, 2.45) is 4.99 Å². The molecule has 0 atom stereocenters. The van der Waals surface area contributed by atoms with Gasteiger partial charge in [0.15, 0.2) is 5.96 Å². The molecule has 0 bridgehead atoms. The molecule has 108 valence electrons. The summed E-state index contributed by atoms with van der Waals surface area (Å²) < 4.78 is 13.1. The number of aromatic amines is 1. The summed E-state index contributed by atoms with van der Waals surface area (Å²) in [4.78, 5) is 7.26. The lowest BCUT2D eigenvalue weighted by atomic mass is 10.1. The Morgan fingerprint density at radius 3 is 2.90 bits per heavy atom. The van der Waals surface area contributed by atoms with E-state index in [9.17, 15) is 4.39 Å². The normalized spacial score (nSPS) is 12.2. The number of aliphatic imine (C=N–C) groups is 1. The number of fused-ring (bicyclic) bond motifs is 1. The molecular weight excluding hydrogens is 255 g/mol. The molecule has 0 fully saturated rings. The molecule has 20 heavy (non-hydrogen) atoms. The van der Waals surface area contributed by atoms with Gasteiger partial charge in [0.05, 0.1) is 0 Å². The fourth-order valence-corrected chi connectivity index (χ4v) is 2.15. The molecule has 0 aliphatic carbocycles. The van der Waals surface area contributed by atoms with Crippen molar-refractivity contribution in [2.45, 2.75) is 26.3 Å². The molecule has 0 aliphatic rings. The number of aromatic nitrogens is 1. The Morgan fingerprint density at radius 1 is 1.40 bits per heavy atom. The summed E-state index contributed by atoms with van der Waals surface area (Å²) in [6, 6.07) is 5.17. The minimum Gasteiger partial charge on any atom is -0.361 e. The van der Waals surface area contributed by atoms with E-state index >= 15 is 0 Å². The van der Waals surface area contributed by atoms with Gasteiger partial charge in [-0.2, -0.15) is 0 Å². The molecule has 2 aromatic rings. The lowest BCUT2D eigenvalue weighted by molar-refractivity contribution is 0.629. The van der Waals surface area contributed by atoms with Gasteiger partial charge in [0.1, 0.15) is 5.82 Å². The second-order valence-electron chi connectivity index (χ2n) is 5.05. The van der Waals surface area contributed by atoms with Crippen LogP contribution in [-0.2, 0) is 6.42 Å². The zero-order chi connectivity index (χ0) is 14.5. The molecule has 4 nitrogen and oxygen atoms in total. The molecule has 2 rings (SSSR count). The Labute approximate surface area is 118 Å². The number of rotatable bonds is 4. The number of hydrogen-bond acceptors (Lipinski definition) is 1. The first kappa shape index (κ1) is 14.4. The van der Waals surface area contributed by atoms with Crippen molar-refractivity contribution in [3.05, 3.63) is 35.8 Å². The van der Waals surface area contributed by atoms with Crippen LogP contribution in [0.5, 0.6) is 0 Å². The molecule has 0 unspecified atom stereocenters. The first-order valence-corrected chi connectivity index (χ1v) is 6.83. The first-order valence-electron chi connectivity index (χ1n) is 6.83. The highest BCUT2D eigenvalue weighted by Gasteiger charge is 2.05. The van der Waals surface area contributed by atoms with Crippen molar-refractivity contribution in [3.8, 4) is 0 Å². The summed E-state index contributed by atoms with van der Waals surface area (Å²) in [6.45, 7) is 4.92. The van der Waals surface area contributed by atoms with Gasteiger partial charge in [-0.25, -0.2) is 4.39 Å². The van der Waals surface area contributed by atoms with Gasteiger partial charge in [0, 0.05) is 36.7 Å². The quantitative estimate of drug-likeness (QED) is 0.593. The minimum absolute atomic E-state index is 0.217. The lowest BCUT2D eigenvalue weighted by Crippen LogP contribution is -2.41. The summed E-state index contributed by atoms with van der Waals surface area (Å²) in [5.41, 5.74) is 2.01. The van der Waals surface area contributed by atoms with Crippen LogP contribution in [0.1, 0.15) is 19.4 Å². The zero-order valence-corrected chi connectivity index (χ0v) is 12.1. The smallest absolute Gasteiger partial charge is 0.191 e. The number of halogens is 1. The van der Waals surface area contributed by atoms with Gasteiger partial charge >= 0.3 is 0 Å². The van der Waals surface area contributed by atoms with Crippen LogP contribution < -0.4 is 10.6 Å². The van der Waals surface area contributed by atoms with Gasteiger partial charge in [-0.05, 0) is 44.0 Å². The second kappa shape index (κ2) is 6.41. The van der Waals surface area contributed by atoms with E-state index < -0.39 is 0 Å². The molecule has 0 saturated carbocycles. The van der Waals surface area contributed by atoms with E-state index in [-0.39, 0.29) is 5.82 Å². The Morgan fingerprint density at radius 2 is 2.20 bits per heavy atom. The van der Waals surface area contributed by atoms with Crippen LogP contribution in [0.2, 0.25) is 0 Å². The van der Waals surface area contributed by atoms with Crippen molar-refractivity contribution in [1.82, 2.24) is 15.6 Å².